The van der Waals surface area contributed by atoms with E-state index in [1.165, 1.54) is 0 Å². The number of H-pyrrole nitrogens is 1. The topological polar surface area (TPSA) is 78.0 Å². The first-order valence-corrected chi connectivity index (χ1v) is 7.05. The van der Waals surface area contributed by atoms with Gasteiger partial charge in [-0.2, -0.15) is 5.10 Å². The Bertz CT molecular complexity index is 852. The van der Waals surface area contributed by atoms with Gasteiger partial charge >= 0.3 is 0 Å². The highest BCUT2D eigenvalue weighted by molar-refractivity contribution is 6.11. The van der Waals surface area contributed by atoms with E-state index in [4.69, 9.17) is 0 Å². The van der Waals surface area contributed by atoms with E-state index in [-0.39, 0.29) is 12.5 Å². The van der Waals surface area contributed by atoms with E-state index in [1.54, 1.807) is 6.07 Å². The number of aromatic nitrogens is 2. The molecule has 1 heterocycles. The number of aryl methyl sites for hydroxylation is 2. The van der Waals surface area contributed by atoms with Gasteiger partial charge in [-0.05, 0) is 43.2 Å². The van der Waals surface area contributed by atoms with E-state index in [9.17, 15) is 9.90 Å². The molecule has 1 aromatic heterocycles. The first kappa shape index (κ1) is 14.3. The Hall–Kier alpha value is -2.66. The number of benzene rings is 2. The maximum Gasteiger partial charge on any atom is 0.276 e. The number of anilines is 1. The fourth-order valence-electron chi connectivity index (χ4n) is 2.38. The van der Waals surface area contributed by atoms with Crippen molar-refractivity contribution < 1.29 is 9.90 Å². The number of aliphatic hydroxyl groups is 1. The molecule has 5 nitrogen and oxygen atoms in total. The first-order chi connectivity index (χ1) is 10.6. The molecule has 3 N–H and O–H groups in total. The molecular weight excluding hydrogens is 278 g/mol. The zero-order valence-electron chi connectivity index (χ0n) is 12.5. The summed E-state index contributed by atoms with van der Waals surface area (Å²) in [5.41, 5.74) is 4.64. The molecule has 112 valence electrons. The number of rotatable bonds is 3. The van der Waals surface area contributed by atoms with Gasteiger partial charge in [0.2, 0.25) is 0 Å². The second-order valence-corrected chi connectivity index (χ2v) is 5.38. The average molecular weight is 295 g/mol. The maximum absolute atomic E-state index is 12.5. The molecule has 2 aromatic carbocycles. The largest absolute Gasteiger partial charge is 0.392 e. The van der Waals surface area contributed by atoms with E-state index >= 15 is 0 Å². The molecule has 0 spiro atoms. The van der Waals surface area contributed by atoms with Crippen LogP contribution >= 0.6 is 0 Å². The van der Waals surface area contributed by atoms with E-state index < -0.39 is 0 Å². The molecular formula is C17H17N3O2. The van der Waals surface area contributed by atoms with Crippen LogP contribution in [-0.4, -0.2) is 21.2 Å². The highest BCUT2D eigenvalue weighted by Gasteiger charge is 2.15. The molecule has 5 heteroatoms. The number of amides is 1. The van der Waals surface area contributed by atoms with Gasteiger partial charge in [0.15, 0.2) is 5.69 Å². The summed E-state index contributed by atoms with van der Waals surface area (Å²) in [6.07, 6.45) is 0. The van der Waals surface area contributed by atoms with Crippen molar-refractivity contribution in [3.8, 4) is 0 Å². The average Bonchev–Trinajstić information content (AvgIpc) is 2.92. The molecule has 3 rings (SSSR count). The van der Waals surface area contributed by atoms with Gasteiger partial charge in [0, 0.05) is 11.1 Å². The van der Waals surface area contributed by atoms with Gasteiger partial charge in [0.05, 0.1) is 12.1 Å². The second kappa shape index (κ2) is 5.61. The SMILES string of the molecule is Cc1ccc2[nH]nc(C(=O)Nc3cc(CO)ccc3C)c2c1. The standard InChI is InChI=1S/C17H17N3O2/c1-10-3-6-14-13(7-10)16(20-19-14)17(22)18-15-8-12(9-21)5-4-11(15)2/h3-8,21H,9H2,1-2H3,(H,18,22)(H,19,20). The number of fused-ring (bicyclic) bond motifs is 1. The lowest BCUT2D eigenvalue weighted by Crippen LogP contribution is -2.14. The van der Waals surface area contributed by atoms with Crippen LogP contribution in [0, 0.1) is 13.8 Å². The number of nitrogens with zero attached hydrogens (tertiary/aromatic N) is 1. The summed E-state index contributed by atoms with van der Waals surface area (Å²) in [7, 11) is 0. The number of carbonyl (C=O) groups excluding carboxylic acids is 1. The quantitative estimate of drug-likeness (QED) is 0.695. The number of nitrogens with one attached hydrogen (secondary N) is 2. The van der Waals surface area contributed by atoms with Gasteiger partial charge in [-0.3, -0.25) is 9.89 Å². The van der Waals surface area contributed by atoms with Gasteiger partial charge in [-0.15, -0.1) is 0 Å². The minimum absolute atomic E-state index is 0.0618. The van der Waals surface area contributed by atoms with Crippen molar-refractivity contribution in [2.24, 2.45) is 0 Å². The van der Waals surface area contributed by atoms with Crippen molar-refractivity contribution in [1.29, 1.82) is 0 Å². The van der Waals surface area contributed by atoms with E-state index in [0.29, 0.717) is 11.4 Å². The number of carbonyl (C=O) groups is 1. The summed E-state index contributed by atoms with van der Waals surface area (Å²) < 4.78 is 0. The van der Waals surface area contributed by atoms with Crippen LogP contribution in [0.25, 0.3) is 10.9 Å². The highest BCUT2D eigenvalue weighted by atomic mass is 16.3. The van der Waals surface area contributed by atoms with Crippen molar-refractivity contribution in [3.63, 3.8) is 0 Å². The Morgan fingerprint density at radius 1 is 1.23 bits per heavy atom. The predicted octanol–water partition coefficient (Wildman–Crippen LogP) is 2.92. The maximum atomic E-state index is 12.5. The van der Waals surface area contributed by atoms with E-state index in [1.807, 2.05) is 44.2 Å². The van der Waals surface area contributed by atoms with Crippen LogP contribution in [-0.2, 0) is 6.61 Å². The number of aromatic amines is 1. The minimum atomic E-state index is -0.268. The van der Waals surface area contributed by atoms with Crippen LogP contribution in [0.1, 0.15) is 27.2 Å². The molecule has 0 aliphatic carbocycles. The van der Waals surface area contributed by atoms with Crippen LogP contribution < -0.4 is 5.32 Å². The van der Waals surface area contributed by atoms with Crippen molar-refractivity contribution in [3.05, 3.63) is 58.8 Å². The molecule has 0 saturated heterocycles. The van der Waals surface area contributed by atoms with Crippen LogP contribution in [0.4, 0.5) is 5.69 Å². The zero-order chi connectivity index (χ0) is 15.7. The molecule has 0 bridgehead atoms. The first-order valence-electron chi connectivity index (χ1n) is 7.05. The normalized spacial score (nSPS) is 10.9. The monoisotopic (exact) mass is 295 g/mol. The second-order valence-electron chi connectivity index (χ2n) is 5.38. The van der Waals surface area contributed by atoms with E-state index in [2.05, 4.69) is 15.5 Å². The Kier molecular flexibility index (Phi) is 3.65. The van der Waals surface area contributed by atoms with Gasteiger partial charge in [0.1, 0.15) is 0 Å². The fourth-order valence-corrected chi connectivity index (χ4v) is 2.38. The van der Waals surface area contributed by atoms with Crippen molar-refractivity contribution in [1.82, 2.24) is 10.2 Å². The number of hydrogen-bond acceptors (Lipinski definition) is 3. The van der Waals surface area contributed by atoms with Crippen LogP contribution in [0.5, 0.6) is 0 Å². The molecule has 0 unspecified atom stereocenters. The summed E-state index contributed by atoms with van der Waals surface area (Å²) in [6, 6.07) is 11.3. The van der Waals surface area contributed by atoms with Gasteiger partial charge < -0.3 is 10.4 Å². The molecule has 22 heavy (non-hydrogen) atoms. The third kappa shape index (κ3) is 2.58. The zero-order valence-corrected chi connectivity index (χ0v) is 12.5. The molecule has 1 amide bonds. The molecule has 3 aromatic rings. The lowest BCUT2D eigenvalue weighted by Gasteiger charge is -2.09. The lowest BCUT2D eigenvalue weighted by atomic mass is 10.1. The third-order valence-corrected chi connectivity index (χ3v) is 3.67. The fraction of sp³-hybridized carbons (Fsp3) is 0.176. The van der Waals surface area contributed by atoms with Crippen molar-refractivity contribution in [2.45, 2.75) is 20.5 Å². The summed E-state index contributed by atoms with van der Waals surface area (Å²) in [5.74, 6) is -0.268. The van der Waals surface area contributed by atoms with Gasteiger partial charge in [-0.1, -0.05) is 23.8 Å². The molecule has 0 saturated carbocycles. The summed E-state index contributed by atoms with van der Waals surface area (Å²) in [5, 5.41) is 19.9. The lowest BCUT2D eigenvalue weighted by molar-refractivity contribution is 0.102. The summed E-state index contributed by atoms with van der Waals surface area (Å²) in [4.78, 5) is 12.5. The molecule has 0 aliphatic rings. The van der Waals surface area contributed by atoms with Crippen molar-refractivity contribution >= 4 is 22.5 Å². The Morgan fingerprint density at radius 2 is 2.05 bits per heavy atom. The smallest absolute Gasteiger partial charge is 0.276 e. The van der Waals surface area contributed by atoms with Gasteiger partial charge in [-0.25, -0.2) is 0 Å². The third-order valence-electron chi connectivity index (χ3n) is 3.67. The van der Waals surface area contributed by atoms with E-state index in [0.717, 1.165) is 27.6 Å². The molecule has 0 aliphatic heterocycles. The molecule has 0 fully saturated rings. The highest BCUT2D eigenvalue weighted by Crippen LogP contribution is 2.21. The molecule has 0 atom stereocenters. The minimum Gasteiger partial charge on any atom is -0.392 e. The summed E-state index contributed by atoms with van der Waals surface area (Å²) in [6.45, 7) is 3.82. The van der Waals surface area contributed by atoms with Crippen LogP contribution in [0.3, 0.4) is 0 Å². The Balaban J connectivity index is 1.95. The Morgan fingerprint density at radius 3 is 2.82 bits per heavy atom. The Labute approximate surface area is 128 Å². The predicted molar refractivity (Wildman–Crippen MR) is 85.9 cm³/mol. The van der Waals surface area contributed by atoms with Gasteiger partial charge in [0.25, 0.3) is 5.91 Å². The number of aliphatic hydroxyl groups excluding tert-OH is 1. The van der Waals surface area contributed by atoms with Crippen LogP contribution in [0.15, 0.2) is 36.4 Å². The number of hydrogen-bond donors (Lipinski definition) is 3. The summed E-state index contributed by atoms with van der Waals surface area (Å²) >= 11 is 0. The van der Waals surface area contributed by atoms with Crippen molar-refractivity contribution in [2.75, 3.05) is 5.32 Å². The van der Waals surface area contributed by atoms with Crippen LogP contribution in [0.2, 0.25) is 0 Å². The molecule has 0 radical (unpaired) electrons.